The molecule has 0 fully saturated rings. The van der Waals surface area contributed by atoms with E-state index in [1.54, 1.807) is 0 Å². The molecule has 1 aliphatic heterocycles. The molecule has 0 amide bonds. The van der Waals surface area contributed by atoms with Crippen LogP contribution in [0.5, 0.6) is 0 Å². The number of rotatable bonds is 19. The number of hydrogen-bond donors (Lipinski definition) is 0. The summed E-state index contributed by atoms with van der Waals surface area (Å²) in [6.07, 6.45) is 26.8. The minimum atomic E-state index is -0.0455. The van der Waals surface area contributed by atoms with Gasteiger partial charge in [-0.05, 0) is 82.6 Å². The Morgan fingerprint density at radius 3 is 2.47 bits per heavy atom. The average Bonchev–Trinajstić information content (AvgIpc) is 3.33. The molecule has 0 aliphatic carbocycles. The summed E-state index contributed by atoms with van der Waals surface area (Å²) in [4.78, 5) is 17.1. The van der Waals surface area contributed by atoms with E-state index in [9.17, 15) is 4.79 Å². The first-order chi connectivity index (χ1) is 21.9. The molecule has 0 bridgehead atoms. The fourth-order valence-corrected chi connectivity index (χ4v) is 6.52. The number of carbonyl (C=O) groups is 1. The molecule has 2 aromatic heterocycles. The van der Waals surface area contributed by atoms with E-state index in [-0.39, 0.29) is 5.97 Å². The van der Waals surface area contributed by atoms with Crippen LogP contribution in [-0.2, 0) is 35.5 Å². The molecule has 1 aromatic carbocycles. The van der Waals surface area contributed by atoms with E-state index < -0.39 is 0 Å². The Labute approximate surface area is 273 Å². The Morgan fingerprint density at radius 1 is 0.956 bits per heavy atom. The van der Waals surface area contributed by atoms with Gasteiger partial charge in [0, 0.05) is 53.4 Å². The number of carbonyl (C=O) groups excluding carboxylic acids is 1. The summed E-state index contributed by atoms with van der Waals surface area (Å²) in [5.74, 6) is -0.0455. The van der Waals surface area contributed by atoms with Gasteiger partial charge in [0.25, 0.3) is 0 Å². The third-order valence-corrected chi connectivity index (χ3v) is 9.34. The molecule has 45 heavy (non-hydrogen) atoms. The van der Waals surface area contributed by atoms with Gasteiger partial charge in [0.05, 0.1) is 13.6 Å². The van der Waals surface area contributed by atoms with Crippen molar-refractivity contribution in [2.75, 3.05) is 20.3 Å². The lowest BCUT2D eigenvalue weighted by atomic mass is 10.0. The number of unbranched alkanes of at least 4 members (excludes halogenated alkanes) is 8. The van der Waals surface area contributed by atoms with Crippen molar-refractivity contribution in [2.24, 2.45) is 0 Å². The van der Waals surface area contributed by atoms with E-state index in [0.717, 1.165) is 68.3 Å². The number of pyridine rings is 1. The Hall–Kier alpha value is -3.18. The third-order valence-electron chi connectivity index (χ3n) is 9.34. The molecule has 244 valence electrons. The second-order valence-electron chi connectivity index (χ2n) is 13.5. The highest BCUT2D eigenvalue weighted by Gasteiger charge is 2.34. The van der Waals surface area contributed by atoms with Gasteiger partial charge >= 0.3 is 5.97 Å². The molecule has 1 unspecified atom stereocenters. The molecule has 0 N–H and O–H groups in total. The van der Waals surface area contributed by atoms with Gasteiger partial charge in [-0.25, -0.2) is 0 Å². The fourth-order valence-electron chi connectivity index (χ4n) is 6.52. The molecule has 3 heterocycles. The first-order valence-corrected chi connectivity index (χ1v) is 17.7. The Bertz CT molecular complexity index is 1400. The van der Waals surface area contributed by atoms with Crippen molar-refractivity contribution < 1.29 is 14.0 Å². The predicted octanol–water partition coefficient (Wildman–Crippen LogP) is 9.71. The molecule has 4 rings (SSSR count). The molecule has 5 heteroatoms. The lowest BCUT2D eigenvalue weighted by Crippen LogP contribution is -2.49. The quantitative estimate of drug-likeness (QED) is 0.0586. The molecule has 1 aliphatic rings. The van der Waals surface area contributed by atoms with E-state index >= 15 is 0 Å². The SMILES string of the molecule is CCCCC/C=C/C/C=C/CCCCCCCC(=O)OC[N+]1(C)CCc2c(c3cc(C)ccc3n2CCc2ccc(C)nc2)C1. The zero-order chi connectivity index (χ0) is 31.9. The third kappa shape index (κ3) is 11.0. The summed E-state index contributed by atoms with van der Waals surface area (Å²) < 4.78 is 9.16. The Balaban J connectivity index is 1.17. The molecule has 1 atom stereocenters. The van der Waals surface area contributed by atoms with Gasteiger partial charge in [-0.15, -0.1) is 0 Å². The van der Waals surface area contributed by atoms with Gasteiger partial charge in [-0.3, -0.25) is 14.3 Å². The minimum absolute atomic E-state index is 0.0455. The molecular weight excluding hydrogens is 554 g/mol. The van der Waals surface area contributed by atoms with Crippen molar-refractivity contribution in [3.63, 3.8) is 0 Å². The minimum Gasteiger partial charge on any atom is -0.415 e. The number of aromatic nitrogens is 2. The molecular formula is C40H58N3O2+. The largest absolute Gasteiger partial charge is 0.415 e. The number of likely N-dealkylation sites (N-methyl/N-ethyl adjacent to an activating group) is 1. The summed E-state index contributed by atoms with van der Waals surface area (Å²) in [6, 6.07) is 11.1. The van der Waals surface area contributed by atoms with Crippen LogP contribution in [0.25, 0.3) is 10.9 Å². The van der Waals surface area contributed by atoms with Gasteiger partial charge in [0.2, 0.25) is 6.73 Å². The lowest BCUT2D eigenvalue weighted by molar-refractivity contribution is -0.940. The van der Waals surface area contributed by atoms with Crippen molar-refractivity contribution in [3.8, 4) is 0 Å². The zero-order valence-electron chi connectivity index (χ0n) is 28.7. The van der Waals surface area contributed by atoms with E-state index in [4.69, 9.17) is 4.74 Å². The Kier molecular flexibility index (Phi) is 13.9. The van der Waals surface area contributed by atoms with E-state index in [1.165, 1.54) is 78.2 Å². The first kappa shape index (κ1) is 34.7. The van der Waals surface area contributed by atoms with Crippen LogP contribution < -0.4 is 0 Å². The maximum Gasteiger partial charge on any atom is 0.310 e. The smallest absolute Gasteiger partial charge is 0.310 e. The standard InChI is InChI=1S/C40H58N3O2/c1-5-6-7-8-9-10-11-12-13-14-15-16-17-18-19-20-40(44)45-32-43(4)28-26-39-37(31-43)36-29-33(2)21-24-38(36)42(39)27-25-35-23-22-34(3)41-30-35/h9-10,12-13,21-24,29-30H,5-8,11,14-20,25-28,31-32H2,1-4H3/q+1/b10-9+,13-12+. The number of benzene rings is 1. The van der Waals surface area contributed by atoms with Crippen molar-refractivity contribution in [3.05, 3.63) is 88.9 Å². The lowest BCUT2D eigenvalue weighted by Gasteiger charge is -2.37. The summed E-state index contributed by atoms with van der Waals surface area (Å²) in [5.41, 5.74) is 7.81. The highest BCUT2D eigenvalue weighted by Crippen LogP contribution is 2.34. The predicted molar refractivity (Wildman–Crippen MR) is 188 cm³/mol. The molecule has 0 saturated carbocycles. The molecule has 5 nitrogen and oxygen atoms in total. The summed E-state index contributed by atoms with van der Waals surface area (Å²) >= 11 is 0. The van der Waals surface area contributed by atoms with Gasteiger partial charge < -0.3 is 9.30 Å². The zero-order valence-corrected chi connectivity index (χ0v) is 28.7. The number of aryl methyl sites for hydroxylation is 4. The highest BCUT2D eigenvalue weighted by atomic mass is 16.5. The van der Waals surface area contributed by atoms with Crippen LogP contribution >= 0.6 is 0 Å². The summed E-state index contributed by atoms with van der Waals surface area (Å²) in [5, 5.41) is 1.35. The number of ether oxygens (including phenoxy) is 1. The van der Waals surface area contributed by atoms with E-state index in [2.05, 4.69) is 85.1 Å². The van der Waals surface area contributed by atoms with Crippen LogP contribution in [-0.4, -0.2) is 40.3 Å². The van der Waals surface area contributed by atoms with Crippen LogP contribution in [0.2, 0.25) is 0 Å². The topological polar surface area (TPSA) is 44.1 Å². The monoisotopic (exact) mass is 612 g/mol. The van der Waals surface area contributed by atoms with Crippen molar-refractivity contribution in [2.45, 2.75) is 124 Å². The van der Waals surface area contributed by atoms with Crippen LogP contribution in [0.3, 0.4) is 0 Å². The maximum absolute atomic E-state index is 12.7. The van der Waals surface area contributed by atoms with Crippen LogP contribution in [0, 0.1) is 13.8 Å². The number of allylic oxidation sites excluding steroid dienone is 4. The van der Waals surface area contributed by atoms with Crippen molar-refractivity contribution in [1.82, 2.24) is 9.55 Å². The summed E-state index contributed by atoms with van der Waals surface area (Å²) in [7, 11) is 2.24. The van der Waals surface area contributed by atoms with Crippen molar-refractivity contribution >= 4 is 16.9 Å². The number of fused-ring (bicyclic) bond motifs is 3. The normalized spacial score (nSPS) is 16.6. The highest BCUT2D eigenvalue weighted by molar-refractivity contribution is 5.86. The van der Waals surface area contributed by atoms with Gasteiger partial charge in [0.15, 0.2) is 0 Å². The average molecular weight is 613 g/mol. The number of hydrogen-bond acceptors (Lipinski definition) is 3. The second kappa shape index (κ2) is 18.1. The number of esters is 1. The van der Waals surface area contributed by atoms with Gasteiger partial charge in [0.1, 0.15) is 6.54 Å². The van der Waals surface area contributed by atoms with Crippen LogP contribution in [0.1, 0.15) is 112 Å². The first-order valence-electron chi connectivity index (χ1n) is 17.7. The van der Waals surface area contributed by atoms with Crippen molar-refractivity contribution in [1.29, 1.82) is 0 Å². The molecule has 3 aromatic rings. The summed E-state index contributed by atoms with van der Waals surface area (Å²) in [6.45, 7) is 9.73. The number of quaternary nitrogens is 1. The molecule has 0 saturated heterocycles. The van der Waals surface area contributed by atoms with E-state index in [0.29, 0.717) is 13.2 Å². The molecule has 0 radical (unpaired) electrons. The van der Waals surface area contributed by atoms with Gasteiger partial charge in [-0.2, -0.15) is 0 Å². The maximum atomic E-state index is 12.7. The molecule has 0 spiro atoms. The van der Waals surface area contributed by atoms with Crippen LogP contribution in [0.4, 0.5) is 0 Å². The fraction of sp³-hybridized carbons (Fsp3) is 0.550. The van der Waals surface area contributed by atoms with Gasteiger partial charge in [-0.1, -0.05) is 81.0 Å². The van der Waals surface area contributed by atoms with E-state index in [1.807, 2.05) is 13.1 Å². The Morgan fingerprint density at radius 2 is 1.71 bits per heavy atom. The second-order valence-corrected chi connectivity index (χ2v) is 13.5. The van der Waals surface area contributed by atoms with Crippen LogP contribution in [0.15, 0.2) is 60.8 Å². The number of nitrogens with zero attached hydrogens (tertiary/aromatic N) is 3.